The number of hydrogen-bond acceptors (Lipinski definition) is 7. The molecule has 0 unspecified atom stereocenters. The monoisotopic (exact) mass is 682 g/mol. The minimum absolute atomic E-state index is 0.662. The highest BCUT2D eigenvalue weighted by Crippen LogP contribution is 2.41. The molecule has 4 aromatic carbocycles. The first-order valence-electron chi connectivity index (χ1n) is 14.9. The molecule has 3 N–H and O–H groups in total. The van der Waals surface area contributed by atoms with Gasteiger partial charge in [0.1, 0.15) is 5.82 Å². The van der Waals surface area contributed by atoms with Crippen LogP contribution in [0.25, 0.3) is 32.6 Å². The van der Waals surface area contributed by atoms with Gasteiger partial charge < -0.3 is 15.6 Å². The van der Waals surface area contributed by atoms with Crippen LogP contribution in [0.3, 0.4) is 0 Å². The molecule has 10 heteroatoms. The number of nitrogen functional groups attached to an aromatic ring is 1. The van der Waals surface area contributed by atoms with Crippen LogP contribution in [0.2, 0.25) is 10.0 Å². The molecule has 0 atom stereocenters. The van der Waals surface area contributed by atoms with Crippen molar-refractivity contribution in [1.82, 2.24) is 19.5 Å². The molecule has 0 radical (unpaired) electrons. The number of fused-ring (bicyclic) bond motifs is 3. The summed E-state index contributed by atoms with van der Waals surface area (Å²) in [5.41, 5.74) is 9.65. The van der Waals surface area contributed by atoms with Crippen LogP contribution in [-0.2, 0) is 6.54 Å². The van der Waals surface area contributed by atoms with Crippen LogP contribution >= 0.6 is 46.7 Å². The summed E-state index contributed by atoms with van der Waals surface area (Å²) in [6.45, 7) is 7.91. The molecule has 0 spiro atoms. The van der Waals surface area contributed by atoms with E-state index < -0.39 is 0 Å². The van der Waals surface area contributed by atoms with Crippen LogP contribution in [0, 0.1) is 6.92 Å². The van der Waals surface area contributed by atoms with E-state index in [4.69, 9.17) is 28.9 Å². The molecule has 3 aromatic heterocycles. The quantitative estimate of drug-likeness (QED) is 0.162. The number of aryl methyl sites for hydroxylation is 2. The fourth-order valence-electron chi connectivity index (χ4n) is 5.32. The van der Waals surface area contributed by atoms with Gasteiger partial charge >= 0.3 is 0 Å². The van der Waals surface area contributed by atoms with Crippen molar-refractivity contribution in [2.24, 2.45) is 0 Å². The Hall–Kier alpha value is -3.95. The lowest BCUT2D eigenvalue weighted by Gasteiger charge is -2.12. The number of nitrogens with two attached hydrogens (primary N) is 1. The number of pyridine rings is 2. The molecule has 0 aliphatic heterocycles. The van der Waals surface area contributed by atoms with E-state index in [1.54, 1.807) is 35.8 Å². The molecule has 0 fully saturated rings. The zero-order chi connectivity index (χ0) is 32.2. The number of nitrogens with one attached hydrogen (secondary N) is 1. The number of benzene rings is 4. The van der Waals surface area contributed by atoms with E-state index in [0.29, 0.717) is 10.7 Å². The number of rotatable bonds is 7. The Balaban J connectivity index is 0.000000162. The van der Waals surface area contributed by atoms with Gasteiger partial charge in [0.15, 0.2) is 0 Å². The zero-order valence-electron chi connectivity index (χ0n) is 25.6. The SMILES string of the molecule is CCNc1cc(Sc2cccc3cnccc23)c(Cl)cc1N.CCn1c(C)nc2cc(Cl)c(Sc3cccc4cnccc34)cc21. The lowest BCUT2D eigenvalue weighted by Crippen LogP contribution is -2.01. The van der Waals surface area contributed by atoms with Crippen LogP contribution in [0.4, 0.5) is 11.4 Å². The minimum atomic E-state index is 0.662. The van der Waals surface area contributed by atoms with Crippen molar-refractivity contribution >= 4 is 90.7 Å². The lowest BCUT2D eigenvalue weighted by molar-refractivity contribution is 0.753. The second-order valence-electron chi connectivity index (χ2n) is 10.5. The molecular formula is C36H32Cl2N6S2. The second kappa shape index (κ2) is 14.2. The summed E-state index contributed by atoms with van der Waals surface area (Å²) in [5.74, 6) is 1.02. The Morgan fingerprint density at radius 2 is 1.35 bits per heavy atom. The smallest absolute Gasteiger partial charge is 0.106 e. The van der Waals surface area contributed by atoms with Crippen LogP contribution in [0.15, 0.2) is 117 Å². The van der Waals surface area contributed by atoms with Crippen molar-refractivity contribution in [3.8, 4) is 0 Å². The maximum Gasteiger partial charge on any atom is 0.106 e. The topological polar surface area (TPSA) is 81.6 Å². The second-order valence-corrected chi connectivity index (χ2v) is 13.5. The first-order valence-corrected chi connectivity index (χ1v) is 17.3. The van der Waals surface area contributed by atoms with Crippen molar-refractivity contribution in [3.05, 3.63) is 113 Å². The Bertz CT molecular complexity index is 2170. The highest BCUT2D eigenvalue weighted by atomic mass is 35.5. The van der Waals surface area contributed by atoms with E-state index in [1.807, 2.05) is 62.8 Å². The van der Waals surface area contributed by atoms with Gasteiger partial charge in [0.05, 0.1) is 32.5 Å². The highest BCUT2D eigenvalue weighted by molar-refractivity contribution is 8.00. The van der Waals surface area contributed by atoms with Gasteiger partial charge in [0, 0.05) is 68.2 Å². The predicted octanol–water partition coefficient (Wildman–Crippen LogP) is 10.8. The molecule has 0 saturated heterocycles. The molecule has 232 valence electrons. The summed E-state index contributed by atoms with van der Waals surface area (Å²) in [7, 11) is 0. The van der Waals surface area contributed by atoms with Gasteiger partial charge in [-0.2, -0.15) is 0 Å². The summed E-state index contributed by atoms with van der Waals surface area (Å²) in [6.07, 6.45) is 7.39. The predicted molar refractivity (Wildman–Crippen MR) is 197 cm³/mol. The number of imidazole rings is 1. The number of hydrogen-bond donors (Lipinski definition) is 2. The van der Waals surface area contributed by atoms with Crippen molar-refractivity contribution in [3.63, 3.8) is 0 Å². The van der Waals surface area contributed by atoms with E-state index in [0.717, 1.165) is 66.1 Å². The Morgan fingerprint density at radius 1 is 0.761 bits per heavy atom. The number of anilines is 2. The van der Waals surface area contributed by atoms with Crippen LogP contribution in [-0.4, -0.2) is 26.1 Å². The maximum absolute atomic E-state index is 6.53. The third kappa shape index (κ3) is 6.76. The van der Waals surface area contributed by atoms with Gasteiger partial charge in [-0.25, -0.2) is 4.98 Å². The molecule has 0 aliphatic rings. The summed E-state index contributed by atoms with van der Waals surface area (Å²) < 4.78 is 2.21. The van der Waals surface area contributed by atoms with E-state index in [9.17, 15) is 0 Å². The van der Waals surface area contributed by atoms with E-state index in [-0.39, 0.29) is 0 Å². The normalized spacial score (nSPS) is 11.2. The van der Waals surface area contributed by atoms with Gasteiger partial charge in [-0.1, -0.05) is 71.0 Å². The first-order chi connectivity index (χ1) is 22.4. The molecule has 0 bridgehead atoms. The third-order valence-electron chi connectivity index (χ3n) is 7.50. The lowest BCUT2D eigenvalue weighted by atomic mass is 10.2. The van der Waals surface area contributed by atoms with Gasteiger partial charge in [-0.05, 0) is 80.1 Å². The van der Waals surface area contributed by atoms with Crippen molar-refractivity contribution in [2.45, 2.75) is 46.9 Å². The molecule has 7 aromatic rings. The van der Waals surface area contributed by atoms with Crippen molar-refractivity contribution < 1.29 is 0 Å². The average Bonchev–Trinajstić information content (AvgIpc) is 3.37. The third-order valence-corrected chi connectivity index (χ3v) is 10.6. The molecule has 0 saturated carbocycles. The summed E-state index contributed by atoms with van der Waals surface area (Å²) in [6, 6.07) is 24.4. The summed E-state index contributed by atoms with van der Waals surface area (Å²) in [5, 5.41) is 9.26. The standard InChI is InChI=1S/C19H16ClN3S.C17H16ClN3S/c1-3-23-12(2)22-16-9-15(20)19(10-17(16)23)24-18-6-4-5-13-11-21-8-7-14(13)18;1-2-21-15-9-17(13(18)8-14(15)19)22-16-5-3-4-11-10-20-7-6-12(11)16/h4-11H,3H2,1-2H3;3-10,21H,2,19H2,1H3. The van der Waals surface area contributed by atoms with Gasteiger partial charge in [-0.3, -0.25) is 9.97 Å². The minimum Gasteiger partial charge on any atom is -0.397 e. The molecule has 46 heavy (non-hydrogen) atoms. The summed E-state index contributed by atoms with van der Waals surface area (Å²) in [4.78, 5) is 17.3. The van der Waals surface area contributed by atoms with Crippen molar-refractivity contribution in [2.75, 3.05) is 17.6 Å². The first kappa shape index (κ1) is 32.0. The Kier molecular flexibility index (Phi) is 9.89. The average molecular weight is 684 g/mol. The molecular weight excluding hydrogens is 651 g/mol. The maximum atomic E-state index is 6.53. The van der Waals surface area contributed by atoms with Gasteiger partial charge in [0.2, 0.25) is 0 Å². The van der Waals surface area contributed by atoms with E-state index in [1.165, 1.54) is 15.7 Å². The van der Waals surface area contributed by atoms with Crippen molar-refractivity contribution in [1.29, 1.82) is 0 Å². The van der Waals surface area contributed by atoms with Crippen LogP contribution < -0.4 is 11.1 Å². The fraction of sp³-hybridized carbons (Fsp3) is 0.139. The fourth-order valence-corrected chi connectivity index (χ4v) is 7.90. The molecule has 7 rings (SSSR count). The number of halogens is 2. The van der Waals surface area contributed by atoms with E-state index in [2.05, 4.69) is 68.2 Å². The Labute approximate surface area is 286 Å². The van der Waals surface area contributed by atoms with Gasteiger partial charge in [0.25, 0.3) is 0 Å². The molecule has 6 nitrogen and oxygen atoms in total. The van der Waals surface area contributed by atoms with Crippen LogP contribution in [0.5, 0.6) is 0 Å². The molecule has 0 aliphatic carbocycles. The van der Waals surface area contributed by atoms with Crippen LogP contribution in [0.1, 0.15) is 19.7 Å². The van der Waals surface area contributed by atoms with Gasteiger partial charge in [-0.15, -0.1) is 0 Å². The molecule has 0 amide bonds. The molecule has 3 heterocycles. The highest BCUT2D eigenvalue weighted by Gasteiger charge is 2.13. The van der Waals surface area contributed by atoms with E-state index >= 15 is 0 Å². The largest absolute Gasteiger partial charge is 0.397 e. The number of nitrogens with zero attached hydrogens (tertiary/aromatic N) is 4. The Morgan fingerprint density at radius 3 is 1.93 bits per heavy atom. The summed E-state index contributed by atoms with van der Waals surface area (Å²) >= 11 is 16.2. The number of aromatic nitrogens is 4. The zero-order valence-corrected chi connectivity index (χ0v) is 28.7.